The molecule has 0 aromatic heterocycles. The predicted molar refractivity (Wildman–Crippen MR) is 70.7 cm³/mol. The van der Waals surface area contributed by atoms with Crippen molar-refractivity contribution in [1.29, 1.82) is 0 Å². The summed E-state index contributed by atoms with van der Waals surface area (Å²) in [6, 6.07) is 4.21. The van der Waals surface area contributed by atoms with Crippen LogP contribution in [0.15, 0.2) is 18.2 Å². The Labute approximate surface area is 116 Å². The van der Waals surface area contributed by atoms with E-state index in [1.807, 2.05) is 6.92 Å². The number of hydrogen-bond donors (Lipinski definition) is 1. The van der Waals surface area contributed by atoms with Crippen LogP contribution in [0.3, 0.4) is 0 Å². The highest BCUT2D eigenvalue weighted by Gasteiger charge is 2.37. The topological polar surface area (TPSA) is 72.6 Å². The number of nitrogens with zero attached hydrogens (tertiary/aromatic N) is 1. The highest BCUT2D eigenvalue weighted by atomic mass is 19.1. The number of hydrogen-bond acceptors (Lipinski definition) is 3. The van der Waals surface area contributed by atoms with Gasteiger partial charge in [0.2, 0.25) is 5.91 Å². The summed E-state index contributed by atoms with van der Waals surface area (Å²) in [6.45, 7) is 2.44. The Balaban J connectivity index is 2.28. The molecule has 1 aromatic rings. The zero-order chi connectivity index (χ0) is 14.9. The van der Waals surface area contributed by atoms with Crippen LogP contribution in [-0.2, 0) is 4.79 Å². The van der Waals surface area contributed by atoms with Gasteiger partial charge in [-0.1, -0.05) is 13.0 Å². The highest BCUT2D eigenvalue weighted by molar-refractivity contribution is 5.97. The lowest BCUT2D eigenvalue weighted by molar-refractivity contribution is -0.122. The fourth-order valence-electron chi connectivity index (χ4n) is 2.54. The van der Waals surface area contributed by atoms with Gasteiger partial charge in [-0.15, -0.1) is 0 Å². The van der Waals surface area contributed by atoms with Crippen molar-refractivity contribution in [2.24, 2.45) is 17.6 Å². The molecule has 1 fully saturated rings. The fraction of sp³-hybridized carbons (Fsp3) is 0.429. The smallest absolute Gasteiger partial charge is 0.260 e. The number of primary amides is 1. The molecule has 1 aliphatic heterocycles. The molecule has 1 saturated heterocycles. The second kappa shape index (κ2) is 5.48. The number of rotatable bonds is 3. The van der Waals surface area contributed by atoms with Gasteiger partial charge in [-0.3, -0.25) is 9.59 Å². The number of carbonyl (C=O) groups excluding carboxylic acids is 2. The zero-order valence-electron chi connectivity index (χ0n) is 11.4. The first-order valence-corrected chi connectivity index (χ1v) is 6.36. The number of halogens is 1. The summed E-state index contributed by atoms with van der Waals surface area (Å²) < 4.78 is 18.9. The monoisotopic (exact) mass is 280 g/mol. The summed E-state index contributed by atoms with van der Waals surface area (Å²) in [5, 5.41) is 0. The number of nitrogens with two attached hydrogens (primary N) is 1. The van der Waals surface area contributed by atoms with Gasteiger partial charge in [0.15, 0.2) is 0 Å². The summed E-state index contributed by atoms with van der Waals surface area (Å²) in [4.78, 5) is 25.2. The molecule has 0 radical (unpaired) electrons. The van der Waals surface area contributed by atoms with Gasteiger partial charge in [-0.25, -0.2) is 4.39 Å². The van der Waals surface area contributed by atoms with Crippen LogP contribution in [0.1, 0.15) is 17.3 Å². The molecule has 2 amide bonds. The van der Waals surface area contributed by atoms with Gasteiger partial charge in [0, 0.05) is 13.1 Å². The van der Waals surface area contributed by atoms with Crippen LogP contribution in [0.2, 0.25) is 0 Å². The van der Waals surface area contributed by atoms with E-state index in [9.17, 15) is 14.0 Å². The number of likely N-dealkylation sites (tertiary alicyclic amines) is 1. The highest BCUT2D eigenvalue weighted by Crippen LogP contribution is 2.28. The first kappa shape index (κ1) is 14.3. The second-order valence-corrected chi connectivity index (χ2v) is 5.01. The third-order valence-corrected chi connectivity index (χ3v) is 3.67. The molecule has 1 aromatic carbocycles. The van der Waals surface area contributed by atoms with Crippen molar-refractivity contribution in [3.05, 3.63) is 29.6 Å². The predicted octanol–water partition coefficient (Wildman–Crippen LogP) is 1.03. The first-order chi connectivity index (χ1) is 9.45. The Bertz CT molecular complexity index is 547. The molecule has 0 bridgehead atoms. The molecule has 0 saturated carbocycles. The molecule has 2 N–H and O–H groups in total. The van der Waals surface area contributed by atoms with Crippen molar-refractivity contribution in [3.8, 4) is 5.75 Å². The zero-order valence-corrected chi connectivity index (χ0v) is 11.4. The molecular formula is C14H17FN2O3. The molecule has 2 atom stereocenters. The minimum atomic E-state index is -0.635. The van der Waals surface area contributed by atoms with E-state index >= 15 is 0 Å². The van der Waals surface area contributed by atoms with Gasteiger partial charge < -0.3 is 15.4 Å². The SMILES string of the molecule is COc1cccc(F)c1C(=O)N1C[C@@H](C)[C@H](C(N)=O)C1. The number of benzene rings is 1. The van der Waals surface area contributed by atoms with E-state index in [0.29, 0.717) is 6.54 Å². The summed E-state index contributed by atoms with van der Waals surface area (Å²) in [7, 11) is 1.38. The van der Waals surface area contributed by atoms with E-state index < -0.39 is 23.5 Å². The van der Waals surface area contributed by atoms with Crippen molar-refractivity contribution in [1.82, 2.24) is 4.90 Å². The third kappa shape index (κ3) is 2.45. The van der Waals surface area contributed by atoms with Gasteiger partial charge in [0.05, 0.1) is 13.0 Å². The van der Waals surface area contributed by atoms with Crippen molar-refractivity contribution >= 4 is 11.8 Å². The molecule has 5 nitrogen and oxygen atoms in total. The van der Waals surface area contributed by atoms with E-state index in [1.54, 1.807) is 0 Å². The van der Waals surface area contributed by atoms with E-state index in [0.717, 1.165) is 0 Å². The number of carbonyl (C=O) groups is 2. The van der Waals surface area contributed by atoms with Crippen LogP contribution in [0.25, 0.3) is 0 Å². The molecule has 20 heavy (non-hydrogen) atoms. The average molecular weight is 280 g/mol. The maximum Gasteiger partial charge on any atom is 0.260 e. The molecule has 0 spiro atoms. The van der Waals surface area contributed by atoms with Gasteiger partial charge in [-0.05, 0) is 18.1 Å². The lowest BCUT2D eigenvalue weighted by Crippen LogP contribution is -2.32. The van der Waals surface area contributed by atoms with Crippen molar-refractivity contribution in [2.75, 3.05) is 20.2 Å². The van der Waals surface area contributed by atoms with Crippen LogP contribution in [-0.4, -0.2) is 36.9 Å². The van der Waals surface area contributed by atoms with Crippen molar-refractivity contribution in [2.45, 2.75) is 6.92 Å². The molecule has 108 valence electrons. The first-order valence-electron chi connectivity index (χ1n) is 6.36. The summed E-state index contributed by atoms with van der Waals surface area (Å²) in [5.74, 6) is -1.79. The molecule has 2 rings (SSSR count). The lowest BCUT2D eigenvalue weighted by Gasteiger charge is -2.18. The average Bonchev–Trinajstić information content (AvgIpc) is 2.80. The van der Waals surface area contributed by atoms with Crippen LogP contribution < -0.4 is 10.5 Å². The van der Waals surface area contributed by atoms with Gasteiger partial charge in [-0.2, -0.15) is 0 Å². The van der Waals surface area contributed by atoms with Crippen molar-refractivity contribution in [3.63, 3.8) is 0 Å². The minimum Gasteiger partial charge on any atom is -0.496 e. The molecule has 6 heteroatoms. The molecule has 1 aliphatic rings. The number of ether oxygens (including phenoxy) is 1. The van der Waals surface area contributed by atoms with Crippen LogP contribution >= 0.6 is 0 Å². The number of methoxy groups -OCH3 is 1. The van der Waals surface area contributed by atoms with E-state index in [-0.39, 0.29) is 23.8 Å². The Kier molecular flexibility index (Phi) is 3.92. The largest absolute Gasteiger partial charge is 0.496 e. The molecular weight excluding hydrogens is 263 g/mol. The summed E-state index contributed by atoms with van der Waals surface area (Å²) >= 11 is 0. The van der Waals surface area contributed by atoms with Crippen LogP contribution in [0.5, 0.6) is 5.75 Å². The van der Waals surface area contributed by atoms with Gasteiger partial charge >= 0.3 is 0 Å². The van der Waals surface area contributed by atoms with E-state index in [1.165, 1.54) is 30.2 Å². The van der Waals surface area contributed by atoms with Crippen molar-refractivity contribution < 1.29 is 18.7 Å². The molecule has 0 unspecified atom stereocenters. The Morgan fingerprint density at radius 2 is 2.10 bits per heavy atom. The fourth-order valence-corrected chi connectivity index (χ4v) is 2.54. The van der Waals surface area contributed by atoms with Gasteiger partial charge in [0.1, 0.15) is 17.1 Å². The lowest BCUT2D eigenvalue weighted by atomic mass is 9.98. The van der Waals surface area contributed by atoms with Crippen LogP contribution in [0.4, 0.5) is 4.39 Å². The maximum absolute atomic E-state index is 13.9. The molecule has 1 heterocycles. The van der Waals surface area contributed by atoms with Crippen LogP contribution in [0, 0.1) is 17.7 Å². The standard InChI is InChI=1S/C14H17FN2O3/c1-8-6-17(7-9(8)13(16)18)14(19)12-10(15)4-3-5-11(12)20-2/h3-5,8-9H,6-7H2,1-2H3,(H2,16,18)/t8-,9-/m1/s1. The quantitative estimate of drug-likeness (QED) is 0.898. The van der Waals surface area contributed by atoms with E-state index in [2.05, 4.69) is 0 Å². The summed E-state index contributed by atoms with van der Waals surface area (Å²) in [5.41, 5.74) is 5.20. The Morgan fingerprint density at radius 3 is 2.65 bits per heavy atom. The minimum absolute atomic E-state index is 0.0331. The Hall–Kier alpha value is -2.11. The molecule has 0 aliphatic carbocycles. The van der Waals surface area contributed by atoms with E-state index in [4.69, 9.17) is 10.5 Å². The van der Waals surface area contributed by atoms with Gasteiger partial charge in [0.25, 0.3) is 5.91 Å². The normalized spacial score (nSPS) is 21.9. The maximum atomic E-state index is 13.9. The second-order valence-electron chi connectivity index (χ2n) is 5.01. The number of amides is 2. The summed E-state index contributed by atoms with van der Waals surface area (Å²) in [6.07, 6.45) is 0. The third-order valence-electron chi connectivity index (χ3n) is 3.67. The Morgan fingerprint density at radius 1 is 1.40 bits per heavy atom.